The van der Waals surface area contributed by atoms with Gasteiger partial charge in [0.2, 0.25) is 0 Å². The Balaban J connectivity index is 4.26. The molecule has 0 radical (unpaired) electrons. The minimum atomic E-state index is -0.791. The lowest BCUT2D eigenvalue weighted by Gasteiger charge is -2.18. The molecule has 1 unspecified atom stereocenters. The number of rotatable bonds is 67. The van der Waals surface area contributed by atoms with Crippen LogP contribution in [-0.4, -0.2) is 37.2 Å². The normalized spacial score (nSPS) is 12.5. The van der Waals surface area contributed by atoms with Crippen molar-refractivity contribution in [2.45, 2.75) is 386 Å². The molecule has 0 spiro atoms. The highest BCUT2D eigenvalue weighted by molar-refractivity contribution is 5.71. The summed E-state index contributed by atoms with van der Waals surface area (Å²) in [6.07, 6.45) is 93.7. The molecule has 0 amide bonds. The molecule has 6 nitrogen and oxygen atoms in total. The molecule has 0 heterocycles. The van der Waals surface area contributed by atoms with Gasteiger partial charge < -0.3 is 14.2 Å². The van der Waals surface area contributed by atoms with E-state index in [1.54, 1.807) is 0 Å². The van der Waals surface area contributed by atoms with E-state index in [0.717, 1.165) is 122 Å². The number of carbonyl (C=O) groups is 3. The SMILES string of the molecule is CC/C=C\C/C=C\C/C=C\CCCCCCCC(=O)OCC(COC(=O)CCCCCCCCCCCCCCCCCCCCCCCCCCCCCCC)OC(=O)CCCCCCCC/C=C\C/C=C\C/C=C\CCCCCCC. The van der Waals surface area contributed by atoms with Crippen molar-refractivity contribution >= 4 is 17.9 Å². The van der Waals surface area contributed by atoms with E-state index in [2.05, 4.69) is 93.7 Å². The number of esters is 3. The lowest BCUT2D eigenvalue weighted by molar-refractivity contribution is -0.167. The quantitative estimate of drug-likeness (QED) is 0.0261. The molecule has 0 bridgehead atoms. The van der Waals surface area contributed by atoms with Gasteiger partial charge >= 0.3 is 17.9 Å². The largest absolute Gasteiger partial charge is 0.462 e. The second-order valence-corrected chi connectivity index (χ2v) is 24.5. The molecule has 83 heavy (non-hydrogen) atoms. The van der Waals surface area contributed by atoms with E-state index in [-0.39, 0.29) is 31.1 Å². The second kappa shape index (κ2) is 71.3. The van der Waals surface area contributed by atoms with Gasteiger partial charge in [-0.25, -0.2) is 0 Å². The lowest BCUT2D eigenvalue weighted by atomic mass is 10.0. The van der Waals surface area contributed by atoms with Gasteiger partial charge in [-0.1, -0.05) is 344 Å². The third-order valence-corrected chi connectivity index (χ3v) is 16.2. The molecule has 6 heteroatoms. The molecule has 0 N–H and O–H groups in total. The standard InChI is InChI=1S/C77H138O6/c1-4-7-10-13-16-19-22-25-28-30-32-34-35-36-37-38-39-40-41-43-44-46-49-52-55-58-61-64-67-70-76(79)82-73-74(72-81-75(78)69-66-63-60-57-54-51-48-27-24-21-18-15-12-9-6-3)83-77(80)71-68-65-62-59-56-53-50-47-45-42-33-31-29-26-23-20-17-14-11-8-5-2/h9,12,18,21,23,26-27,31,33,45,47-48,74H,4-8,10-11,13-17,19-20,22,24-25,28-30,32,34-44,46,49-73H2,1-3H3/b12-9-,21-18-,26-23-,33-31-,47-45-,48-27-. The maximum absolute atomic E-state index is 13.0. The summed E-state index contributed by atoms with van der Waals surface area (Å²) in [5.74, 6) is -0.893. The Bertz CT molecular complexity index is 1520. The van der Waals surface area contributed by atoms with E-state index in [1.807, 2.05) is 0 Å². The van der Waals surface area contributed by atoms with Crippen LogP contribution >= 0.6 is 0 Å². The van der Waals surface area contributed by atoms with Crippen molar-refractivity contribution in [2.75, 3.05) is 13.2 Å². The zero-order chi connectivity index (χ0) is 59.9. The van der Waals surface area contributed by atoms with Crippen LogP contribution in [-0.2, 0) is 28.6 Å². The van der Waals surface area contributed by atoms with E-state index in [1.165, 1.54) is 218 Å². The number of hydrogen-bond acceptors (Lipinski definition) is 6. The number of unbranched alkanes of at least 4 members (excludes halogenated alkanes) is 44. The van der Waals surface area contributed by atoms with Gasteiger partial charge in [-0.15, -0.1) is 0 Å². The summed E-state index contributed by atoms with van der Waals surface area (Å²) < 4.78 is 17.0. The molecule has 0 aliphatic rings. The van der Waals surface area contributed by atoms with Crippen LogP contribution in [0.15, 0.2) is 72.9 Å². The molecule has 1 atom stereocenters. The summed E-state index contributed by atoms with van der Waals surface area (Å²) in [4.78, 5) is 38.5. The monoisotopic (exact) mass is 1160 g/mol. The van der Waals surface area contributed by atoms with Crippen LogP contribution in [0.1, 0.15) is 380 Å². The highest BCUT2D eigenvalue weighted by atomic mass is 16.6. The van der Waals surface area contributed by atoms with Crippen LogP contribution < -0.4 is 0 Å². The van der Waals surface area contributed by atoms with Crippen LogP contribution in [0.25, 0.3) is 0 Å². The van der Waals surface area contributed by atoms with Gasteiger partial charge in [-0.05, 0) is 89.9 Å². The molecular formula is C77H138O6. The van der Waals surface area contributed by atoms with E-state index >= 15 is 0 Å². The molecule has 0 aromatic heterocycles. The maximum Gasteiger partial charge on any atom is 0.306 e. The number of carbonyl (C=O) groups excluding carboxylic acids is 3. The highest BCUT2D eigenvalue weighted by Crippen LogP contribution is 2.18. The van der Waals surface area contributed by atoms with Crippen molar-refractivity contribution < 1.29 is 28.6 Å². The van der Waals surface area contributed by atoms with Crippen molar-refractivity contribution in [3.63, 3.8) is 0 Å². The van der Waals surface area contributed by atoms with Gasteiger partial charge in [0.05, 0.1) is 0 Å². The van der Waals surface area contributed by atoms with E-state index in [9.17, 15) is 14.4 Å². The molecule has 482 valence electrons. The number of hydrogen-bond donors (Lipinski definition) is 0. The summed E-state index contributed by atoms with van der Waals surface area (Å²) in [5.41, 5.74) is 0. The van der Waals surface area contributed by atoms with E-state index in [4.69, 9.17) is 14.2 Å². The Morgan fingerprint density at radius 2 is 0.470 bits per heavy atom. The Hall–Kier alpha value is -3.15. The first-order chi connectivity index (χ1) is 41.0. The van der Waals surface area contributed by atoms with Crippen LogP contribution in [0.4, 0.5) is 0 Å². The molecule has 0 fully saturated rings. The predicted molar refractivity (Wildman–Crippen MR) is 362 cm³/mol. The smallest absolute Gasteiger partial charge is 0.306 e. The minimum Gasteiger partial charge on any atom is -0.462 e. The summed E-state index contributed by atoms with van der Waals surface area (Å²) >= 11 is 0. The third kappa shape index (κ3) is 69.5. The zero-order valence-corrected chi connectivity index (χ0v) is 55.5. The van der Waals surface area contributed by atoms with Crippen LogP contribution in [0.3, 0.4) is 0 Å². The average molecular weight is 1160 g/mol. The highest BCUT2D eigenvalue weighted by Gasteiger charge is 2.19. The Labute approximate surface area is 516 Å². The lowest BCUT2D eigenvalue weighted by Crippen LogP contribution is -2.30. The topological polar surface area (TPSA) is 78.9 Å². The van der Waals surface area contributed by atoms with Crippen molar-refractivity contribution in [2.24, 2.45) is 0 Å². The van der Waals surface area contributed by atoms with E-state index < -0.39 is 6.10 Å². The second-order valence-electron chi connectivity index (χ2n) is 24.5. The summed E-state index contributed by atoms with van der Waals surface area (Å²) in [7, 11) is 0. The van der Waals surface area contributed by atoms with Crippen LogP contribution in [0, 0.1) is 0 Å². The van der Waals surface area contributed by atoms with Gasteiger partial charge in [0.1, 0.15) is 13.2 Å². The first-order valence-corrected chi connectivity index (χ1v) is 36.4. The Morgan fingerprint density at radius 1 is 0.253 bits per heavy atom. The van der Waals surface area contributed by atoms with Gasteiger partial charge in [-0.3, -0.25) is 14.4 Å². The first-order valence-electron chi connectivity index (χ1n) is 36.4. The molecule has 0 aliphatic carbocycles. The zero-order valence-electron chi connectivity index (χ0n) is 55.5. The third-order valence-electron chi connectivity index (χ3n) is 16.2. The molecule has 0 saturated heterocycles. The Kier molecular flexibility index (Phi) is 68.6. The van der Waals surface area contributed by atoms with Gasteiger partial charge in [0.25, 0.3) is 0 Å². The van der Waals surface area contributed by atoms with Crippen molar-refractivity contribution in [3.05, 3.63) is 72.9 Å². The molecule has 0 aliphatic heterocycles. The molecule has 0 aromatic rings. The van der Waals surface area contributed by atoms with E-state index in [0.29, 0.717) is 19.3 Å². The predicted octanol–water partition coefficient (Wildman–Crippen LogP) is 25.2. The van der Waals surface area contributed by atoms with Crippen molar-refractivity contribution in [1.82, 2.24) is 0 Å². The van der Waals surface area contributed by atoms with Crippen LogP contribution in [0.5, 0.6) is 0 Å². The number of ether oxygens (including phenoxy) is 3. The van der Waals surface area contributed by atoms with Crippen molar-refractivity contribution in [1.29, 1.82) is 0 Å². The first kappa shape index (κ1) is 79.8. The fourth-order valence-corrected chi connectivity index (χ4v) is 10.8. The fourth-order valence-electron chi connectivity index (χ4n) is 10.8. The molecule has 0 rings (SSSR count). The van der Waals surface area contributed by atoms with Gasteiger partial charge in [0.15, 0.2) is 6.10 Å². The molecule has 0 saturated carbocycles. The van der Waals surface area contributed by atoms with Gasteiger partial charge in [0, 0.05) is 19.3 Å². The summed E-state index contributed by atoms with van der Waals surface area (Å²) in [6, 6.07) is 0. The van der Waals surface area contributed by atoms with Crippen LogP contribution in [0.2, 0.25) is 0 Å². The fraction of sp³-hybridized carbons (Fsp3) is 0.805. The van der Waals surface area contributed by atoms with Crippen molar-refractivity contribution in [3.8, 4) is 0 Å². The van der Waals surface area contributed by atoms with Gasteiger partial charge in [-0.2, -0.15) is 0 Å². The molecule has 0 aromatic carbocycles. The number of allylic oxidation sites excluding steroid dienone is 12. The summed E-state index contributed by atoms with van der Waals surface area (Å²) in [5, 5.41) is 0. The molecular weight excluding hydrogens is 1020 g/mol. The Morgan fingerprint density at radius 3 is 0.735 bits per heavy atom. The maximum atomic E-state index is 13.0. The average Bonchev–Trinajstić information content (AvgIpc) is 3.49. The summed E-state index contributed by atoms with van der Waals surface area (Å²) in [6.45, 7) is 6.55. The minimum absolute atomic E-state index is 0.0835.